The molecule has 34 heavy (non-hydrogen) atoms. The molecule has 4 rings (SSSR count). The molecule has 2 aromatic carbocycles. The van der Waals surface area contributed by atoms with Crippen molar-refractivity contribution in [3.63, 3.8) is 0 Å². The lowest BCUT2D eigenvalue weighted by atomic mass is 10.0. The van der Waals surface area contributed by atoms with Gasteiger partial charge in [0.25, 0.3) is 5.91 Å². The quantitative estimate of drug-likeness (QED) is 0.573. The van der Waals surface area contributed by atoms with Gasteiger partial charge >= 0.3 is 0 Å². The minimum Gasteiger partial charge on any atom is -0.457 e. The van der Waals surface area contributed by atoms with Crippen LogP contribution in [0.25, 0.3) is 11.3 Å². The van der Waals surface area contributed by atoms with Crippen molar-refractivity contribution in [2.75, 3.05) is 31.1 Å². The van der Waals surface area contributed by atoms with Crippen LogP contribution in [0, 0.1) is 11.3 Å². The topological polar surface area (TPSA) is 113 Å². The average Bonchev–Trinajstić information content (AvgIpc) is 2.89. The normalized spacial score (nSPS) is 13.1. The average molecular weight is 454 g/mol. The molecule has 0 bridgehead atoms. The van der Waals surface area contributed by atoms with Crippen molar-refractivity contribution in [1.29, 1.82) is 5.26 Å². The van der Waals surface area contributed by atoms with Crippen LogP contribution in [0.5, 0.6) is 11.5 Å². The van der Waals surface area contributed by atoms with E-state index >= 15 is 0 Å². The van der Waals surface area contributed by atoms with Gasteiger partial charge in [0.05, 0.1) is 22.9 Å². The van der Waals surface area contributed by atoms with Crippen molar-refractivity contribution in [3.8, 4) is 28.8 Å². The maximum absolute atomic E-state index is 12.1. The second-order valence-electron chi connectivity index (χ2n) is 7.71. The predicted octanol–water partition coefficient (Wildman–Crippen LogP) is 3.35. The Hall–Kier alpha value is -4.64. The summed E-state index contributed by atoms with van der Waals surface area (Å²) < 4.78 is 5.84. The van der Waals surface area contributed by atoms with Gasteiger partial charge in [0, 0.05) is 31.7 Å². The summed E-state index contributed by atoms with van der Waals surface area (Å²) in [7, 11) is 0. The van der Waals surface area contributed by atoms with Gasteiger partial charge in [-0.2, -0.15) is 5.26 Å². The van der Waals surface area contributed by atoms with Gasteiger partial charge < -0.3 is 20.3 Å². The summed E-state index contributed by atoms with van der Waals surface area (Å²) in [5.41, 5.74) is 7.70. The molecule has 3 aromatic rings. The van der Waals surface area contributed by atoms with Crippen molar-refractivity contribution in [1.82, 2.24) is 9.88 Å². The molecular weight excluding hydrogens is 430 g/mol. The number of hydrogen-bond donors (Lipinski definition) is 1. The second kappa shape index (κ2) is 9.88. The number of anilines is 1. The lowest BCUT2D eigenvalue weighted by Crippen LogP contribution is -2.48. The third-order valence-electron chi connectivity index (χ3n) is 5.58. The van der Waals surface area contributed by atoms with Crippen LogP contribution in [-0.4, -0.2) is 47.9 Å². The Morgan fingerprint density at radius 1 is 0.971 bits per heavy atom. The Balaban J connectivity index is 1.55. The molecule has 1 saturated heterocycles. The summed E-state index contributed by atoms with van der Waals surface area (Å²) in [6.07, 6.45) is 1.32. The Morgan fingerprint density at radius 2 is 1.59 bits per heavy atom. The summed E-state index contributed by atoms with van der Waals surface area (Å²) in [6, 6.07) is 19.6. The number of carbonyl (C=O) groups excluding carboxylic acids is 2. The van der Waals surface area contributed by atoms with Gasteiger partial charge in [-0.05, 0) is 66.7 Å². The Labute approximate surface area is 197 Å². The number of ether oxygens (including phenoxy) is 1. The minimum atomic E-state index is -0.562. The lowest BCUT2D eigenvalue weighted by molar-refractivity contribution is -0.126. The van der Waals surface area contributed by atoms with E-state index in [2.05, 4.69) is 17.5 Å². The van der Waals surface area contributed by atoms with E-state index in [1.54, 1.807) is 53.4 Å². The van der Waals surface area contributed by atoms with E-state index in [-0.39, 0.29) is 5.91 Å². The Kier molecular flexibility index (Phi) is 6.55. The Bertz CT molecular complexity index is 1260. The number of nitrogens with two attached hydrogens (primary N) is 1. The first-order valence-corrected chi connectivity index (χ1v) is 10.7. The number of rotatable bonds is 6. The molecule has 1 aromatic heterocycles. The molecule has 8 nitrogen and oxygen atoms in total. The molecule has 0 spiro atoms. The van der Waals surface area contributed by atoms with Crippen molar-refractivity contribution < 1.29 is 14.3 Å². The van der Waals surface area contributed by atoms with E-state index < -0.39 is 5.91 Å². The number of aromatic nitrogens is 1. The highest BCUT2D eigenvalue weighted by molar-refractivity contribution is 5.99. The highest BCUT2D eigenvalue weighted by Gasteiger charge is 2.22. The van der Waals surface area contributed by atoms with Crippen LogP contribution in [0.3, 0.4) is 0 Å². The van der Waals surface area contributed by atoms with Gasteiger partial charge in [0.15, 0.2) is 0 Å². The number of nitrogens with zero attached hydrogens (tertiary/aromatic N) is 4. The van der Waals surface area contributed by atoms with Crippen LogP contribution in [0.1, 0.15) is 15.9 Å². The first-order valence-electron chi connectivity index (χ1n) is 10.7. The molecule has 2 amide bonds. The number of hydrogen-bond acceptors (Lipinski definition) is 6. The van der Waals surface area contributed by atoms with Gasteiger partial charge in [-0.15, -0.1) is 0 Å². The maximum Gasteiger partial charge on any atom is 0.250 e. The van der Waals surface area contributed by atoms with Crippen molar-refractivity contribution in [3.05, 3.63) is 84.4 Å². The zero-order chi connectivity index (χ0) is 24.1. The van der Waals surface area contributed by atoms with Gasteiger partial charge in [0.1, 0.15) is 17.3 Å². The summed E-state index contributed by atoms with van der Waals surface area (Å²) in [5, 5.41) is 8.91. The second-order valence-corrected chi connectivity index (χ2v) is 7.71. The molecule has 0 saturated carbocycles. The van der Waals surface area contributed by atoms with Crippen LogP contribution >= 0.6 is 0 Å². The highest BCUT2D eigenvalue weighted by atomic mass is 16.5. The van der Waals surface area contributed by atoms with Gasteiger partial charge in [-0.3, -0.25) is 9.59 Å². The number of pyridine rings is 1. The summed E-state index contributed by atoms with van der Waals surface area (Å²) in [6.45, 7) is 5.93. The van der Waals surface area contributed by atoms with Crippen molar-refractivity contribution in [2.45, 2.75) is 0 Å². The van der Waals surface area contributed by atoms with Crippen LogP contribution < -0.4 is 15.4 Å². The van der Waals surface area contributed by atoms with Crippen molar-refractivity contribution >= 4 is 17.6 Å². The van der Waals surface area contributed by atoms with E-state index in [1.165, 1.54) is 6.08 Å². The zero-order valence-corrected chi connectivity index (χ0v) is 18.5. The molecule has 0 unspecified atom stereocenters. The third kappa shape index (κ3) is 4.89. The molecule has 2 N–H and O–H groups in total. The minimum absolute atomic E-state index is 0.0827. The first kappa shape index (κ1) is 22.6. The fourth-order valence-corrected chi connectivity index (χ4v) is 3.74. The summed E-state index contributed by atoms with van der Waals surface area (Å²) >= 11 is 0. The molecule has 170 valence electrons. The summed E-state index contributed by atoms with van der Waals surface area (Å²) in [4.78, 5) is 32.5. The number of primary amides is 1. The first-order chi connectivity index (χ1) is 16.5. The maximum atomic E-state index is 12.1. The van der Waals surface area contributed by atoms with Gasteiger partial charge in [-0.25, -0.2) is 4.98 Å². The van der Waals surface area contributed by atoms with Crippen LogP contribution in [0.2, 0.25) is 0 Å². The van der Waals surface area contributed by atoms with E-state index in [4.69, 9.17) is 20.7 Å². The predicted molar refractivity (Wildman–Crippen MR) is 128 cm³/mol. The van der Waals surface area contributed by atoms with Gasteiger partial charge in [0.2, 0.25) is 5.91 Å². The third-order valence-corrected chi connectivity index (χ3v) is 5.58. The Morgan fingerprint density at radius 3 is 2.15 bits per heavy atom. The van der Waals surface area contributed by atoms with Crippen LogP contribution in [-0.2, 0) is 4.79 Å². The standard InChI is InChI=1S/C26H23N5O3/c1-2-24(32)31-15-13-30(14-16-31)23-12-11-22(26(28)33)25(29-23)19-5-9-21(10-6-19)34-20-7-3-18(17-27)4-8-20/h2-12H,1,13-16H2,(H2,28,33). The van der Waals surface area contributed by atoms with Gasteiger partial charge in [-0.1, -0.05) is 6.58 Å². The lowest BCUT2D eigenvalue weighted by Gasteiger charge is -2.35. The number of carbonyl (C=O) groups is 2. The SMILES string of the molecule is C=CC(=O)N1CCN(c2ccc(C(N)=O)c(-c3ccc(Oc4ccc(C#N)cc4)cc3)n2)CC1. The molecule has 2 heterocycles. The monoisotopic (exact) mass is 453 g/mol. The molecule has 0 radical (unpaired) electrons. The number of piperazine rings is 1. The van der Waals surface area contributed by atoms with Crippen LogP contribution in [0.15, 0.2) is 73.3 Å². The molecule has 0 atom stereocenters. The van der Waals surface area contributed by atoms with E-state index in [1.807, 2.05) is 12.1 Å². The summed E-state index contributed by atoms with van der Waals surface area (Å²) in [5.74, 6) is 1.28. The number of benzene rings is 2. The van der Waals surface area contributed by atoms with Crippen LogP contribution in [0.4, 0.5) is 5.82 Å². The molecule has 1 aliphatic heterocycles. The molecular formula is C26H23N5O3. The smallest absolute Gasteiger partial charge is 0.250 e. The zero-order valence-electron chi connectivity index (χ0n) is 18.5. The fraction of sp³-hybridized carbons (Fsp3) is 0.154. The molecule has 0 aliphatic carbocycles. The largest absolute Gasteiger partial charge is 0.457 e. The van der Waals surface area contributed by atoms with E-state index in [0.29, 0.717) is 60.3 Å². The number of nitriles is 1. The van der Waals surface area contributed by atoms with E-state index in [9.17, 15) is 9.59 Å². The van der Waals surface area contributed by atoms with E-state index in [0.717, 1.165) is 5.56 Å². The molecule has 1 aliphatic rings. The number of amides is 2. The molecule has 8 heteroatoms. The van der Waals surface area contributed by atoms with Crippen molar-refractivity contribution in [2.24, 2.45) is 5.73 Å². The molecule has 1 fully saturated rings. The highest BCUT2D eigenvalue weighted by Crippen LogP contribution is 2.29. The fourth-order valence-electron chi connectivity index (χ4n) is 3.74.